The quantitative estimate of drug-likeness (QED) is 0.784. The molecule has 0 aliphatic carbocycles. The van der Waals surface area contributed by atoms with E-state index in [2.05, 4.69) is 9.97 Å². The van der Waals surface area contributed by atoms with Crippen molar-refractivity contribution in [2.75, 3.05) is 11.4 Å². The SMILES string of the molecule is O=C1CC(c2nc3ccccc3[nH]2)CN1c1cccc(Cl)c1. The molecule has 1 aliphatic heterocycles. The summed E-state index contributed by atoms with van der Waals surface area (Å²) in [7, 11) is 0. The maximum Gasteiger partial charge on any atom is 0.227 e. The van der Waals surface area contributed by atoms with Crippen molar-refractivity contribution >= 4 is 34.2 Å². The number of carbonyl (C=O) groups excluding carboxylic acids is 1. The number of rotatable bonds is 2. The second-order valence-corrected chi connectivity index (χ2v) is 5.96. The fraction of sp³-hybridized carbons (Fsp3) is 0.176. The third-order valence-corrected chi connectivity index (χ3v) is 4.27. The lowest BCUT2D eigenvalue weighted by Crippen LogP contribution is -2.24. The summed E-state index contributed by atoms with van der Waals surface area (Å²) in [5.74, 6) is 1.06. The molecule has 2 aromatic carbocycles. The number of benzene rings is 2. The average molecular weight is 312 g/mol. The van der Waals surface area contributed by atoms with Crippen LogP contribution in [0.5, 0.6) is 0 Å². The fourth-order valence-corrected chi connectivity index (χ4v) is 3.13. The Balaban J connectivity index is 1.64. The van der Waals surface area contributed by atoms with Crippen molar-refractivity contribution in [3.63, 3.8) is 0 Å². The van der Waals surface area contributed by atoms with E-state index in [0.717, 1.165) is 22.5 Å². The van der Waals surface area contributed by atoms with Crippen LogP contribution in [0, 0.1) is 0 Å². The zero-order valence-corrected chi connectivity index (χ0v) is 12.5. The van der Waals surface area contributed by atoms with E-state index >= 15 is 0 Å². The number of para-hydroxylation sites is 2. The Morgan fingerprint density at radius 2 is 2.05 bits per heavy atom. The molecule has 1 N–H and O–H groups in total. The zero-order chi connectivity index (χ0) is 15.1. The number of imidazole rings is 1. The van der Waals surface area contributed by atoms with Crippen molar-refractivity contribution < 1.29 is 4.79 Å². The average Bonchev–Trinajstić information content (AvgIpc) is 3.10. The van der Waals surface area contributed by atoms with Crippen molar-refractivity contribution in [2.24, 2.45) is 0 Å². The molecule has 0 spiro atoms. The van der Waals surface area contributed by atoms with Gasteiger partial charge in [-0.15, -0.1) is 0 Å². The monoisotopic (exact) mass is 311 g/mol. The number of aromatic amines is 1. The highest BCUT2D eigenvalue weighted by Crippen LogP contribution is 2.32. The van der Waals surface area contributed by atoms with Gasteiger partial charge in [-0.25, -0.2) is 4.98 Å². The Kier molecular flexibility index (Phi) is 3.12. The van der Waals surface area contributed by atoms with Crippen LogP contribution in [0.3, 0.4) is 0 Å². The van der Waals surface area contributed by atoms with Crippen LogP contribution in [-0.4, -0.2) is 22.4 Å². The van der Waals surface area contributed by atoms with Gasteiger partial charge in [-0.05, 0) is 30.3 Å². The zero-order valence-electron chi connectivity index (χ0n) is 11.8. The lowest BCUT2D eigenvalue weighted by atomic mass is 10.1. The summed E-state index contributed by atoms with van der Waals surface area (Å²) < 4.78 is 0. The number of carbonyl (C=O) groups is 1. The molecule has 110 valence electrons. The summed E-state index contributed by atoms with van der Waals surface area (Å²) in [6.45, 7) is 0.624. The van der Waals surface area contributed by atoms with Crippen molar-refractivity contribution in [2.45, 2.75) is 12.3 Å². The minimum absolute atomic E-state index is 0.0823. The fourth-order valence-electron chi connectivity index (χ4n) is 2.95. The Morgan fingerprint density at radius 1 is 1.18 bits per heavy atom. The van der Waals surface area contributed by atoms with Gasteiger partial charge >= 0.3 is 0 Å². The molecule has 1 saturated heterocycles. The minimum Gasteiger partial charge on any atom is -0.342 e. The molecule has 5 heteroatoms. The molecule has 0 bridgehead atoms. The lowest BCUT2D eigenvalue weighted by molar-refractivity contribution is -0.117. The number of halogens is 1. The van der Waals surface area contributed by atoms with Crippen LogP contribution >= 0.6 is 11.6 Å². The standard InChI is InChI=1S/C17H14ClN3O/c18-12-4-3-5-13(9-12)21-10-11(8-16(21)22)17-19-14-6-1-2-7-15(14)20-17/h1-7,9,11H,8,10H2,(H,19,20). The van der Waals surface area contributed by atoms with E-state index in [-0.39, 0.29) is 11.8 Å². The first kappa shape index (κ1) is 13.3. The van der Waals surface area contributed by atoms with Crippen LogP contribution in [0.25, 0.3) is 11.0 Å². The molecule has 1 fully saturated rings. The molecule has 1 amide bonds. The van der Waals surface area contributed by atoms with Gasteiger partial charge in [0.15, 0.2) is 0 Å². The maximum absolute atomic E-state index is 12.3. The number of fused-ring (bicyclic) bond motifs is 1. The minimum atomic E-state index is 0.0823. The molecule has 1 aromatic heterocycles. The normalized spacial score (nSPS) is 18.3. The first-order chi connectivity index (χ1) is 10.7. The number of anilines is 1. The highest BCUT2D eigenvalue weighted by molar-refractivity contribution is 6.30. The Morgan fingerprint density at radius 3 is 2.86 bits per heavy atom. The summed E-state index contributed by atoms with van der Waals surface area (Å²) in [5.41, 5.74) is 2.79. The molecule has 1 atom stereocenters. The van der Waals surface area contributed by atoms with E-state index in [1.165, 1.54) is 0 Å². The first-order valence-electron chi connectivity index (χ1n) is 7.21. The molecule has 0 saturated carbocycles. The lowest BCUT2D eigenvalue weighted by Gasteiger charge is -2.16. The molecule has 4 rings (SSSR count). The van der Waals surface area contributed by atoms with E-state index < -0.39 is 0 Å². The molecule has 2 heterocycles. The van der Waals surface area contributed by atoms with Gasteiger partial charge in [-0.1, -0.05) is 29.8 Å². The van der Waals surface area contributed by atoms with Gasteiger partial charge < -0.3 is 9.88 Å². The van der Waals surface area contributed by atoms with E-state index in [1.807, 2.05) is 48.5 Å². The summed E-state index contributed by atoms with van der Waals surface area (Å²) >= 11 is 6.02. The number of nitrogens with one attached hydrogen (secondary N) is 1. The summed E-state index contributed by atoms with van der Waals surface area (Å²) in [5, 5.41) is 0.637. The molecule has 1 aliphatic rings. The Bertz CT molecular complexity index is 825. The second kappa shape index (κ2) is 5.14. The molecule has 3 aromatic rings. The predicted octanol–water partition coefficient (Wildman–Crippen LogP) is 3.74. The van der Waals surface area contributed by atoms with Crippen LogP contribution in [0.15, 0.2) is 48.5 Å². The van der Waals surface area contributed by atoms with E-state index in [0.29, 0.717) is 18.0 Å². The maximum atomic E-state index is 12.3. The van der Waals surface area contributed by atoms with Gasteiger partial charge in [0.05, 0.1) is 11.0 Å². The van der Waals surface area contributed by atoms with Crippen LogP contribution < -0.4 is 4.90 Å². The summed E-state index contributed by atoms with van der Waals surface area (Å²) in [6, 6.07) is 15.3. The van der Waals surface area contributed by atoms with Crippen LogP contribution in [0.4, 0.5) is 5.69 Å². The second-order valence-electron chi connectivity index (χ2n) is 5.52. The highest BCUT2D eigenvalue weighted by Gasteiger charge is 2.33. The number of nitrogens with zero attached hydrogens (tertiary/aromatic N) is 2. The predicted molar refractivity (Wildman–Crippen MR) is 87.3 cm³/mol. The largest absolute Gasteiger partial charge is 0.342 e. The van der Waals surface area contributed by atoms with Gasteiger partial charge in [0.2, 0.25) is 5.91 Å². The summed E-state index contributed by atoms with van der Waals surface area (Å²) in [6.07, 6.45) is 0.465. The third-order valence-electron chi connectivity index (χ3n) is 4.04. The molecule has 22 heavy (non-hydrogen) atoms. The number of amides is 1. The van der Waals surface area contributed by atoms with Crippen molar-refractivity contribution in [1.82, 2.24) is 9.97 Å². The number of hydrogen-bond acceptors (Lipinski definition) is 2. The number of hydrogen-bond donors (Lipinski definition) is 1. The first-order valence-corrected chi connectivity index (χ1v) is 7.59. The summed E-state index contributed by atoms with van der Waals surface area (Å²) in [4.78, 5) is 22.0. The van der Waals surface area contributed by atoms with E-state index in [9.17, 15) is 4.79 Å². The highest BCUT2D eigenvalue weighted by atomic mass is 35.5. The van der Waals surface area contributed by atoms with E-state index in [1.54, 1.807) is 4.90 Å². The molecule has 1 unspecified atom stereocenters. The van der Waals surface area contributed by atoms with Gasteiger partial charge in [0.1, 0.15) is 5.82 Å². The smallest absolute Gasteiger partial charge is 0.227 e. The van der Waals surface area contributed by atoms with Crippen molar-refractivity contribution in [1.29, 1.82) is 0 Å². The van der Waals surface area contributed by atoms with Gasteiger partial charge in [0, 0.05) is 29.6 Å². The van der Waals surface area contributed by atoms with Gasteiger partial charge in [-0.3, -0.25) is 4.79 Å². The molecule has 4 nitrogen and oxygen atoms in total. The number of aromatic nitrogens is 2. The van der Waals surface area contributed by atoms with Gasteiger partial charge in [-0.2, -0.15) is 0 Å². The Hall–Kier alpha value is -2.33. The van der Waals surface area contributed by atoms with Crippen LogP contribution in [0.1, 0.15) is 18.2 Å². The topological polar surface area (TPSA) is 49.0 Å². The van der Waals surface area contributed by atoms with E-state index in [4.69, 9.17) is 11.6 Å². The molecular weight excluding hydrogens is 298 g/mol. The van der Waals surface area contributed by atoms with Crippen LogP contribution in [-0.2, 0) is 4.79 Å². The van der Waals surface area contributed by atoms with Crippen LogP contribution in [0.2, 0.25) is 5.02 Å². The van der Waals surface area contributed by atoms with Crippen molar-refractivity contribution in [3.05, 3.63) is 59.4 Å². The van der Waals surface area contributed by atoms with Crippen molar-refractivity contribution in [3.8, 4) is 0 Å². The molecular formula is C17H14ClN3O. The molecule has 0 radical (unpaired) electrons. The Labute approximate surface area is 132 Å². The third kappa shape index (κ3) is 2.25. The van der Waals surface area contributed by atoms with Gasteiger partial charge in [0.25, 0.3) is 0 Å². The number of H-pyrrole nitrogens is 1.